The van der Waals surface area contributed by atoms with Crippen LogP contribution in [-0.4, -0.2) is 12.3 Å². The van der Waals surface area contributed by atoms with Crippen LogP contribution in [-0.2, 0) is 0 Å². The van der Waals surface area contributed by atoms with Gasteiger partial charge in [0, 0.05) is 12.0 Å². The molecule has 0 aromatic heterocycles. The first-order valence-electron chi connectivity index (χ1n) is 8.08. The average Bonchev–Trinajstić information content (AvgIpc) is 2.42. The molecule has 0 spiro atoms. The fourth-order valence-corrected chi connectivity index (χ4v) is 3.08. The smallest absolute Gasteiger partial charge is 0.163 e. The second kappa shape index (κ2) is 7.58. The van der Waals surface area contributed by atoms with E-state index in [0.29, 0.717) is 24.0 Å². The summed E-state index contributed by atoms with van der Waals surface area (Å²) in [5.74, 6) is 1.55. The summed E-state index contributed by atoms with van der Waals surface area (Å²) in [4.78, 5) is 12.5. The Labute approximate surface area is 122 Å². The van der Waals surface area contributed by atoms with Gasteiger partial charge in [-0.25, -0.2) is 0 Å². The highest BCUT2D eigenvalue weighted by Gasteiger charge is 2.24. The largest absolute Gasteiger partial charge is 0.330 e. The van der Waals surface area contributed by atoms with Crippen molar-refractivity contribution in [2.75, 3.05) is 6.54 Å². The van der Waals surface area contributed by atoms with E-state index < -0.39 is 0 Å². The molecular weight excluding hydrogens is 246 g/mol. The second-order valence-electron chi connectivity index (χ2n) is 6.03. The minimum absolute atomic E-state index is 0.322. The van der Waals surface area contributed by atoms with Gasteiger partial charge in [0.25, 0.3) is 0 Å². The molecular formula is C18H27NO. The quantitative estimate of drug-likeness (QED) is 0.718. The molecule has 0 bridgehead atoms. The monoisotopic (exact) mass is 273 g/mol. The van der Waals surface area contributed by atoms with E-state index in [1.165, 1.54) is 24.8 Å². The van der Waals surface area contributed by atoms with E-state index in [-0.39, 0.29) is 0 Å². The minimum atomic E-state index is 0.322. The predicted molar refractivity (Wildman–Crippen MR) is 84.1 cm³/mol. The molecule has 1 aliphatic rings. The lowest BCUT2D eigenvalue weighted by Crippen LogP contribution is -2.15. The molecule has 2 heteroatoms. The molecule has 1 aromatic rings. The van der Waals surface area contributed by atoms with Crippen LogP contribution < -0.4 is 5.73 Å². The molecule has 1 saturated carbocycles. The van der Waals surface area contributed by atoms with Crippen LogP contribution in [0.3, 0.4) is 0 Å². The maximum Gasteiger partial charge on any atom is 0.163 e. The van der Waals surface area contributed by atoms with Crippen LogP contribution in [0.25, 0.3) is 0 Å². The number of benzene rings is 1. The Bertz CT molecular complexity index is 437. The second-order valence-corrected chi connectivity index (χ2v) is 6.03. The van der Waals surface area contributed by atoms with Crippen molar-refractivity contribution in [2.45, 2.75) is 57.8 Å². The average molecular weight is 273 g/mol. The van der Waals surface area contributed by atoms with Crippen LogP contribution in [0.2, 0.25) is 0 Å². The van der Waals surface area contributed by atoms with Crippen LogP contribution in [0, 0.1) is 5.92 Å². The first-order chi connectivity index (χ1) is 9.76. The Kier molecular flexibility index (Phi) is 5.78. The van der Waals surface area contributed by atoms with Crippen molar-refractivity contribution in [1.82, 2.24) is 0 Å². The molecule has 1 atom stereocenters. The van der Waals surface area contributed by atoms with Crippen molar-refractivity contribution in [3.8, 4) is 0 Å². The fourth-order valence-electron chi connectivity index (χ4n) is 3.08. The highest BCUT2D eigenvalue weighted by molar-refractivity contribution is 5.97. The standard InChI is InChI=1S/C18H27NO/c1-2-14(12-13-19)10-11-18(20)17-9-4-3-8-16(17)15-6-5-7-15/h3-4,8-9,14-15H,2,5-7,10-13,19H2,1H3. The van der Waals surface area contributed by atoms with Gasteiger partial charge in [0.2, 0.25) is 0 Å². The van der Waals surface area contributed by atoms with E-state index in [9.17, 15) is 4.79 Å². The first kappa shape index (κ1) is 15.2. The summed E-state index contributed by atoms with van der Waals surface area (Å²) in [5, 5.41) is 0. The molecule has 0 aliphatic heterocycles. The van der Waals surface area contributed by atoms with Gasteiger partial charge in [0.05, 0.1) is 0 Å². The van der Waals surface area contributed by atoms with Crippen molar-refractivity contribution < 1.29 is 4.79 Å². The number of ketones is 1. The predicted octanol–water partition coefficient (Wildman–Crippen LogP) is 4.29. The van der Waals surface area contributed by atoms with Gasteiger partial charge >= 0.3 is 0 Å². The molecule has 1 fully saturated rings. The Morgan fingerprint density at radius 2 is 2.05 bits per heavy atom. The van der Waals surface area contributed by atoms with E-state index in [1.807, 2.05) is 12.1 Å². The van der Waals surface area contributed by atoms with E-state index >= 15 is 0 Å². The molecule has 1 aromatic carbocycles. The molecule has 110 valence electrons. The summed E-state index contributed by atoms with van der Waals surface area (Å²) in [5.41, 5.74) is 7.89. The summed E-state index contributed by atoms with van der Waals surface area (Å²) in [6, 6.07) is 8.22. The molecule has 0 heterocycles. The summed E-state index contributed by atoms with van der Waals surface area (Å²) in [6.07, 6.45) is 7.60. The van der Waals surface area contributed by atoms with E-state index in [0.717, 1.165) is 31.4 Å². The molecule has 0 radical (unpaired) electrons. The van der Waals surface area contributed by atoms with Gasteiger partial charge in [0.1, 0.15) is 0 Å². The van der Waals surface area contributed by atoms with Gasteiger partial charge in [-0.1, -0.05) is 44.0 Å². The number of nitrogens with two attached hydrogens (primary N) is 1. The Hall–Kier alpha value is -1.15. The van der Waals surface area contributed by atoms with Gasteiger partial charge in [-0.05, 0) is 49.6 Å². The van der Waals surface area contributed by atoms with Gasteiger partial charge in [-0.15, -0.1) is 0 Å². The van der Waals surface area contributed by atoms with Gasteiger partial charge in [-0.3, -0.25) is 4.79 Å². The van der Waals surface area contributed by atoms with Gasteiger partial charge in [0.15, 0.2) is 5.78 Å². The maximum absolute atomic E-state index is 12.5. The Morgan fingerprint density at radius 1 is 1.30 bits per heavy atom. The molecule has 2 rings (SSSR count). The first-order valence-corrected chi connectivity index (χ1v) is 8.08. The number of rotatable bonds is 8. The van der Waals surface area contributed by atoms with Crippen molar-refractivity contribution in [3.05, 3.63) is 35.4 Å². The fraction of sp³-hybridized carbons (Fsp3) is 0.611. The molecule has 1 aliphatic carbocycles. The number of Topliss-reactive ketones (excluding diaryl/α,β-unsaturated/α-hetero) is 1. The van der Waals surface area contributed by atoms with E-state index in [1.54, 1.807) is 0 Å². The lowest BCUT2D eigenvalue weighted by Gasteiger charge is -2.27. The topological polar surface area (TPSA) is 43.1 Å². The minimum Gasteiger partial charge on any atom is -0.330 e. The summed E-state index contributed by atoms with van der Waals surface area (Å²) >= 11 is 0. The molecule has 2 N–H and O–H groups in total. The zero-order chi connectivity index (χ0) is 14.4. The van der Waals surface area contributed by atoms with Crippen molar-refractivity contribution in [2.24, 2.45) is 11.7 Å². The maximum atomic E-state index is 12.5. The zero-order valence-corrected chi connectivity index (χ0v) is 12.6. The third-order valence-corrected chi connectivity index (χ3v) is 4.74. The number of hydrogen-bond donors (Lipinski definition) is 1. The SMILES string of the molecule is CCC(CCN)CCC(=O)c1ccccc1C1CCC1. The highest BCUT2D eigenvalue weighted by Crippen LogP contribution is 2.38. The lowest BCUT2D eigenvalue weighted by molar-refractivity contribution is 0.0970. The number of carbonyl (C=O) groups is 1. The summed E-state index contributed by atoms with van der Waals surface area (Å²) in [7, 11) is 0. The highest BCUT2D eigenvalue weighted by atomic mass is 16.1. The Balaban J connectivity index is 1.98. The Morgan fingerprint density at radius 3 is 2.65 bits per heavy atom. The van der Waals surface area contributed by atoms with E-state index in [2.05, 4.69) is 19.1 Å². The van der Waals surface area contributed by atoms with Crippen LogP contribution in [0.15, 0.2) is 24.3 Å². The summed E-state index contributed by atoms with van der Waals surface area (Å²) in [6.45, 7) is 2.92. The molecule has 0 saturated heterocycles. The summed E-state index contributed by atoms with van der Waals surface area (Å²) < 4.78 is 0. The zero-order valence-electron chi connectivity index (χ0n) is 12.6. The molecule has 2 nitrogen and oxygen atoms in total. The normalized spacial score (nSPS) is 16.7. The van der Waals surface area contributed by atoms with E-state index in [4.69, 9.17) is 5.73 Å². The van der Waals surface area contributed by atoms with Crippen LogP contribution in [0.4, 0.5) is 0 Å². The third-order valence-electron chi connectivity index (χ3n) is 4.74. The molecule has 20 heavy (non-hydrogen) atoms. The lowest BCUT2D eigenvalue weighted by atomic mass is 9.77. The van der Waals surface area contributed by atoms with Gasteiger partial charge < -0.3 is 5.73 Å². The van der Waals surface area contributed by atoms with Gasteiger partial charge in [-0.2, -0.15) is 0 Å². The van der Waals surface area contributed by atoms with Crippen LogP contribution in [0.1, 0.15) is 73.7 Å². The number of hydrogen-bond acceptors (Lipinski definition) is 2. The molecule has 1 unspecified atom stereocenters. The molecule has 0 amide bonds. The van der Waals surface area contributed by atoms with Crippen molar-refractivity contribution in [3.63, 3.8) is 0 Å². The van der Waals surface area contributed by atoms with Crippen molar-refractivity contribution in [1.29, 1.82) is 0 Å². The van der Waals surface area contributed by atoms with Crippen LogP contribution in [0.5, 0.6) is 0 Å². The van der Waals surface area contributed by atoms with Crippen LogP contribution >= 0.6 is 0 Å². The number of carbonyl (C=O) groups excluding carboxylic acids is 1. The van der Waals surface area contributed by atoms with Crippen molar-refractivity contribution >= 4 is 5.78 Å². The third kappa shape index (κ3) is 3.69.